The molecule has 1 amide bonds. The lowest BCUT2D eigenvalue weighted by molar-refractivity contribution is -0.117. The van der Waals surface area contributed by atoms with Crippen LogP contribution in [-0.2, 0) is 4.79 Å². The van der Waals surface area contributed by atoms with Gasteiger partial charge in [-0.2, -0.15) is 0 Å². The molecule has 0 aliphatic heterocycles. The molecule has 3 rings (SSSR count). The van der Waals surface area contributed by atoms with Crippen molar-refractivity contribution in [3.05, 3.63) is 48.6 Å². The van der Waals surface area contributed by atoms with Crippen LogP contribution in [0.3, 0.4) is 0 Å². The summed E-state index contributed by atoms with van der Waals surface area (Å²) in [4.78, 5) is 12.7. The van der Waals surface area contributed by atoms with E-state index in [2.05, 4.69) is 29.6 Å². The number of rotatable bonds is 3. The summed E-state index contributed by atoms with van der Waals surface area (Å²) in [7, 11) is 1.64. The first-order valence-corrected chi connectivity index (χ1v) is 9.04. The lowest BCUT2D eigenvalue weighted by Gasteiger charge is -2.07. The maximum absolute atomic E-state index is 12.7. The number of allylic oxidation sites excluding steroid dienone is 4. The van der Waals surface area contributed by atoms with Crippen LogP contribution in [0.25, 0.3) is 0 Å². The minimum Gasteiger partial charge on any atom is -0.497 e. The third-order valence-electron chi connectivity index (χ3n) is 5.14. The molecule has 1 aromatic rings. The molecule has 0 bridgehead atoms. The van der Waals surface area contributed by atoms with Gasteiger partial charge in [-0.3, -0.25) is 4.79 Å². The molecule has 3 nitrogen and oxygen atoms in total. The number of hydrogen-bond acceptors (Lipinski definition) is 2. The standard InChI is InChI=1S/C21H27NO2/c1-24-17-12-10-11-16(15-17)22-21(23)20-18-13-8-6-4-2-3-5-7-9-14-19(18)20/h4-7,10-12,15,18-20H,2-3,8-9,13-14H2,1H3,(H,22,23)/b6-4-,7-5+/t18-,19+,20?/m1/s1. The van der Waals surface area contributed by atoms with Gasteiger partial charge in [-0.15, -0.1) is 0 Å². The molecule has 3 atom stereocenters. The van der Waals surface area contributed by atoms with E-state index in [4.69, 9.17) is 4.74 Å². The molecule has 0 spiro atoms. The number of fused-ring (bicyclic) bond motifs is 1. The number of nitrogens with one attached hydrogen (secondary N) is 1. The van der Waals surface area contributed by atoms with E-state index in [1.165, 1.54) is 0 Å². The molecule has 0 aromatic heterocycles. The predicted molar refractivity (Wildman–Crippen MR) is 98.1 cm³/mol. The lowest BCUT2D eigenvalue weighted by atomic mass is 10.1. The van der Waals surface area contributed by atoms with E-state index in [9.17, 15) is 4.79 Å². The Hall–Kier alpha value is -2.03. The summed E-state index contributed by atoms with van der Waals surface area (Å²) in [5.41, 5.74) is 0.821. The van der Waals surface area contributed by atoms with Crippen molar-refractivity contribution < 1.29 is 9.53 Å². The van der Waals surface area contributed by atoms with E-state index >= 15 is 0 Å². The van der Waals surface area contributed by atoms with Crippen LogP contribution < -0.4 is 10.1 Å². The zero-order chi connectivity index (χ0) is 16.8. The van der Waals surface area contributed by atoms with Gasteiger partial charge in [-0.1, -0.05) is 30.4 Å². The highest BCUT2D eigenvalue weighted by Gasteiger charge is 2.52. The van der Waals surface area contributed by atoms with Gasteiger partial charge in [0.05, 0.1) is 7.11 Å². The Labute approximate surface area is 144 Å². The van der Waals surface area contributed by atoms with E-state index in [0.717, 1.165) is 50.0 Å². The van der Waals surface area contributed by atoms with Crippen molar-refractivity contribution in [3.8, 4) is 5.75 Å². The summed E-state index contributed by atoms with van der Waals surface area (Å²) in [5.74, 6) is 2.17. The smallest absolute Gasteiger partial charge is 0.228 e. The summed E-state index contributed by atoms with van der Waals surface area (Å²) in [6.07, 6.45) is 15.8. The second kappa shape index (κ2) is 8.18. The Morgan fingerprint density at radius 1 is 1.00 bits per heavy atom. The van der Waals surface area contributed by atoms with Crippen LogP contribution in [0, 0.1) is 17.8 Å². The first-order chi connectivity index (χ1) is 11.8. The first-order valence-electron chi connectivity index (χ1n) is 9.04. The van der Waals surface area contributed by atoms with Gasteiger partial charge in [-0.05, 0) is 62.5 Å². The van der Waals surface area contributed by atoms with Crippen molar-refractivity contribution in [2.75, 3.05) is 12.4 Å². The Morgan fingerprint density at radius 2 is 1.62 bits per heavy atom. The minimum absolute atomic E-state index is 0.166. The Balaban J connectivity index is 1.61. The largest absolute Gasteiger partial charge is 0.497 e. The quantitative estimate of drug-likeness (QED) is 0.797. The van der Waals surface area contributed by atoms with E-state index in [0.29, 0.717) is 11.8 Å². The Morgan fingerprint density at radius 3 is 2.25 bits per heavy atom. The van der Waals surface area contributed by atoms with E-state index in [1.54, 1.807) is 7.11 Å². The second-order valence-electron chi connectivity index (χ2n) is 6.75. The monoisotopic (exact) mass is 325 g/mol. The van der Waals surface area contributed by atoms with Gasteiger partial charge >= 0.3 is 0 Å². The molecule has 1 N–H and O–H groups in total. The van der Waals surface area contributed by atoms with Crippen molar-refractivity contribution in [2.24, 2.45) is 17.8 Å². The van der Waals surface area contributed by atoms with Crippen molar-refractivity contribution >= 4 is 11.6 Å². The summed E-state index contributed by atoms with van der Waals surface area (Å²) in [6.45, 7) is 0. The molecule has 2 aliphatic carbocycles. The highest BCUT2D eigenvalue weighted by atomic mass is 16.5. The third kappa shape index (κ3) is 4.28. The zero-order valence-corrected chi connectivity index (χ0v) is 14.4. The lowest BCUT2D eigenvalue weighted by Crippen LogP contribution is -2.15. The van der Waals surface area contributed by atoms with Crippen LogP contribution in [0.5, 0.6) is 5.75 Å². The number of hydrogen-bond donors (Lipinski definition) is 1. The van der Waals surface area contributed by atoms with Crippen LogP contribution in [-0.4, -0.2) is 13.0 Å². The van der Waals surface area contributed by atoms with Gasteiger partial charge in [0.2, 0.25) is 5.91 Å². The summed E-state index contributed by atoms with van der Waals surface area (Å²) < 4.78 is 5.23. The summed E-state index contributed by atoms with van der Waals surface area (Å²) in [6, 6.07) is 7.58. The third-order valence-corrected chi connectivity index (χ3v) is 5.14. The highest BCUT2D eigenvalue weighted by molar-refractivity contribution is 5.95. The average molecular weight is 325 g/mol. The van der Waals surface area contributed by atoms with Gasteiger partial charge in [0.1, 0.15) is 5.75 Å². The van der Waals surface area contributed by atoms with Gasteiger partial charge in [0.15, 0.2) is 0 Å². The molecule has 0 heterocycles. The Bertz CT molecular complexity index is 596. The molecule has 2 aliphatic rings. The maximum atomic E-state index is 12.7. The van der Waals surface area contributed by atoms with Crippen LogP contribution in [0.15, 0.2) is 48.6 Å². The predicted octanol–water partition coefficient (Wildman–Crippen LogP) is 4.96. The first kappa shape index (κ1) is 16.8. The van der Waals surface area contributed by atoms with Crippen molar-refractivity contribution in [1.82, 2.24) is 0 Å². The molecule has 1 aromatic carbocycles. The molecule has 1 fully saturated rings. The fourth-order valence-electron chi connectivity index (χ4n) is 3.79. The maximum Gasteiger partial charge on any atom is 0.228 e. The highest BCUT2D eigenvalue weighted by Crippen LogP contribution is 2.52. The van der Waals surface area contributed by atoms with Gasteiger partial charge in [0, 0.05) is 17.7 Å². The fraction of sp³-hybridized carbons (Fsp3) is 0.476. The second-order valence-corrected chi connectivity index (χ2v) is 6.75. The number of carbonyl (C=O) groups is 1. The number of methoxy groups -OCH3 is 1. The topological polar surface area (TPSA) is 38.3 Å². The van der Waals surface area contributed by atoms with Crippen LogP contribution >= 0.6 is 0 Å². The molecule has 0 radical (unpaired) electrons. The van der Waals surface area contributed by atoms with E-state index in [1.807, 2.05) is 24.3 Å². The van der Waals surface area contributed by atoms with Crippen LogP contribution in [0.1, 0.15) is 38.5 Å². The molecule has 0 saturated heterocycles. The SMILES string of the molecule is COc1cccc(NC(=O)C2[C@H]3CC/C=C/CC/C=C\CC[C@@H]23)c1. The van der Waals surface area contributed by atoms with Crippen molar-refractivity contribution in [1.29, 1.82) is 0 Å². The molecule has 1 unspecified atom stereocenters. The number of anilines is 1. The number of amides is 1. The number of ether oxygens (including phenoxy) is 1. The minimum atomic E-state index is 0.166. The zero-order valence-electron chi connectivity index (χ0n) is 14.4. The molecule has 3 heteroatoms. The molecular weight excluding hydrogens is 298 g/mol. The summed E-state index contributed by atoms with van der Waals surface area (Å²) in [5, 5.41) is 3.08. The van der Waals surface area contributed by atoms with Gasteiger partial charge in [-0.25, -0.2) is 0 Å². The normalized spacial score (nSPS) is 29.3. The molecular formula is C21H27NO2. The van der Waals surface area contributed by atoms with Gasteiger partial charge < -0.3 is 10.1 Å². The molecule has 128 valence electrons. The van der Waals surface area contributed by atoms with Crippen molar-refractivity contribution in [2.45, 2.75) is 38.5 Å². The number of benzene rings is 1. The van der Waals surface area contributed by atoms with E-state index < -0.39 is 0 Å². The average Bonchev–Trinajstić information content (AvgIpc) is 3.27. The van der Waals surface area contributed by atoms with Crippen molar-refractivity contribution in [3.63, 3.8) is 0 Å². The Kier molecular flexibility index (Phi) is 5.73. The van der Waals surface area contributed by atoms with E-state index in [-0.39, 0.29) is 11.8 Å². The molecule has 24 heavy (non-hydrogen) atoms. The number of carbonyl (C=O) groups excluding carboxylic acids is 1. The van der Waals surface area contributed by atoms with Crippen LogP contribution in [0.2, 0.25) is 0 Å². The summed E-state index contributed by atoms with van der Waals surface area (Å²) >= 11 is 0. The molecule has 1 saturated carbocycles. The fourth-order valence-corrected chi connectivity index (χ4v) is 3.79. The van der Waals surface area contributed by atoms with Gasteiger partial charge in [0.25, 0.3) is 0 Å². The van der Waals surface area contributed by atoms with Crippen LogP contribution in [0.4, 0.5) is 5.69 Å².